The standard InChI is InChI=1S/C10H24N2O2S/c1-8(2)10(12(5)6)7-11-15(13,14)9(3)4/h8-11H,7H2,1-6H3. The van der Waals surface area contributed by atoms with Crippen LogP contribution in [0.5, 0.6) is 0 Å². The Labute approximate surface area is 94.1 Å². The average Bonchev–Trinajstić information content (AvgIpc) is 2.02. The van der Waals surface area contributed by atoms with Gasteiger partial charge in [-0.3, -0.25) is 0 Å². The van der Waals surface area contributed by atoms with Gasteiger partial charge in [0.1, 0.15) is 0 Å². The molecule has 0 spiro atoms. The molecule has 0 fully saturated rings. The molecule has 0 aromatic rings. The van der Waals surface area contributed by atoms with Gasteiger partial charge in [0, 0.05) is 12.6 Å². The summed E-state index contributed by atoms with van der Waals surface area (Å²) in [7, 11) is 0.796. The highest BCUT2D eigenvalue weighted by Gasteiger charge is 2.21. The van der Waals surface area contributed by atoms with Crippen molar-refractivity contribution in [3.8, 4) is 0 Å². The molecule has 0 aromatic carbocycles. The third-order valence-corrected chi connectivity index (χ3v) is 4.36. The molecule has 92 valence electrons. The maximum Gasteiger partial charge on any atom is 0.213 e. The first-order chi connectivity index (χ1) is 6.68. The zero-order chi connectivity index (χ0) is 12.2. The number of hydrogen-bond donors (Lipinski definition) is 1. The molecule has 0 rings (SSSR count). The van der Waals surface area contributed by atoms with E-state index in [9.17, 15) is 8.42 Å². The number of nitrogens with one attached hydrogen (secondary N) is 1. The van der Waals surface area contributed by atoms with Crippen molar-refractivity contribution in [1.29, 1.82) is 0 Å². The van der Waals surface area contributed by atoms with Gasteiger partial charge >= 0.3 is 0 Å². The number of rotatable bonds is 6. The monoisotopic (exact) mass is 236 g/mol. The van der Waals surface area contributed by atoms with E-state index in [0.29, 0.717) is 12.5 Å². The van der Waals surface area contributed by atoms with Gasteiger partial charge in [-0.15, -0.1) is 0 Å². The third-order valence-electron chi connectivity index (χ3n) is 2.55. The Kier molecular flexibility index (Phi) is 5.77. The summed E-state index contributed by atoms with van der Waals surface area (Å²) in [4.78, 5) is 2.05. The highest BCUT2D eigenvalue weighted by Crippen LogP contribution is 2.07. The van der Waals surface area contributed by atoms with E-state index in [0.717, 1.165) is 0 Å². The molecule has 1 unspecified atom stereocenters. The summed E-state index contributed by atoms with van der Waals surface area (Å²) in [5.41, 5.74) is 0. The van der Waals surface area contributed by atoms with Gasteiger partial charge in [-0.25, -0.2) is 13.1 Å². The first kappa shape index (κ1) is 14.9. The molecule has 15 heavy (non-hydrogen) atoms. The topological polar surface area (TPSA) is 49.4 Å². The molecule has 0 saturated heterocycles. The lowest BCUT2D eigenvalue weighted by molar-refractivity contribution is 0.233. The van der Waals surface area contributed by atoms with Crippen molar-refractivity contribution in [2.45, 2.75) is 39.0 Å². The Morgan fingerprint density at radius 1 is 1.13 bits per heavy atom. The van der Waals surface area contributed by atoms with Crippen LogP contribution in [-0.4, -0.2) is 45.2 Å². The minimum Gasteiger partial charge on any atom is -0.305 e. The van der Waals surface area contributed by atoms with Crippen molar-refractivity contribution >= 4 is 10.0 Å². The molecule has 1 N–H and O–H groups in total. The lowest BCUT2D eigenvalue weighted by atomic mass is 10.0. The Morgan fingerprint density at radius 2 is 1.60 bits per heavy atom. The molecule has 1 atom stereocenters. The van der Waals surface area contributed by atoms with Crippen LogP contribution < -0.4 is 4.72 Å². The summed E-state index contributed by atoms with van der Waals surface area (Å²) >= 11 is 0. The van der Waals surface area contributed by atoms with E-state index < -0.39 is 10.0 Å². The predicted molar refractivity (Wildman–Crippen MR) is 64.4 cm³/mol. The van der Waals surface area contributed by atoms with Gasteiger partial charge in [-0.05, 0) is 33.9 Å². The van der Waals surface area contributed by atoms with E-state index in [1.807, 2.05) is 19.0 Å². The fourth-order valence-electron chi connectivity index (χ4n) is 1.38. The molecule has 4 nitrogen and oxygen atoms in total. The Balaban J connectivity index is 4.36. The first-order valence-corrected chi connectivity index (χ1v) is 6.88. The Hall–Kier alpha value is -0.130. The van der Waals surface area contributed by atoms with Gasteiger partial charge in [0.15, 0.2) is 0 Å². The number of sulfonamides is 1. The van der Waals surface area contributed by atoms with Crippen molar-refractivity contribution in [2.24, 2.45) is 5.92 Å². The summed E-state index contributed by atoms with van der Waals surface area (Å²) in [6.07, 6.45) is 0. The van der Waals surface area contributed by atoms with Gasteiger partial charge in [0.05, 0.1) is 5.25 Å². The van der Waals surface area contributed by atoms with Gasteiger partial charge in [0.25, 0.3) is 0 Å². The number of nitrogens with zero attached hydrogens (tertiary/aromatic N) is 1. The zero-order valence-corrected chi connectivity index (χ0v) is 11.4. The fraction of sp³-hybridized carbons (Fsp3) is 1.00. The quantitative estimate of drug-likeness (QED) is 0.745. The van der Waals surface area contributed by atoms with E-state index in [4.69, 9.17) is 0 Å². The van der Waals surface area contributed by atoms with Crippen LogP contribution in [-0.2, 0) is 10.0 Å². The molecule has 0 aromatic heterocycles. The van der Waals surface area contributed by atoms with Crippen LogP contribution in [0.15, 0.2) is 0 Å². The Bertz CT molecular complexity index is 263. The molecule has 0 aliphatic heterocycles. The van der Waals surface area contributed by atoms with E-state index in [-0.39, 0.29) is 11.3 Å². The number of hydrogen-bond acceptors (Lipinski definition) is 3. The lowest BCUT2D eigenvalue weighted by Crippen LogP contribution is -2.44. The second kappa shape index (κ2) is 5.82. The van der Waals surface area contributed by atoms with Crippen molar-refractivity contribution < 1.29 is 8.42 Å². The predicted octanol–water partition coefficient (Wildman–Crippen LogP) is 0.900. The van der Waals surface area contributed by atoms with E-state index in [1.165, 1.54) is 0 Å². The second-order valence-corrected chi connectivity index (χ2v) is 7.04. The molecule has 5 heteroatoms. The van der Waals surface area contributed by atoms with Crippen LogP contribution in [0.3, 0.4) is 0 Å². The normalized spacial score (nSPS) is 15.3. The molecule has 0 radical (unpaired) electrons. The highest BCUT2D eigenvalue weighted by molar-refractivity contribution is 7.90. The summed E-state index contributed by atoms with van der Waals surface area (Å²) in [6, 6.07) is 0.235. The van der Waals surface area contributed by atoms with E-state index in [2.05, 4.69) is 18.6 Å². The van der Waals surface area contributed by atoms with Gasteiger partial charge in [0.2, 0.25) is 10.0 Å². The van der Waals surface area contributed by atoms with Crippen LogP contribution in [0.1, 0.15) is 27.7 Å². The SMILES string of the molecule is CC(C)C(CNS(=O)(=O)C(C)C)N(C)C. The largest absolute Gasteiger partial charge is 0.305 e. The van der Waals surface area contributed by atoms with Crippen LogP contribution in [0.25, 0.3) is 0 Å². The fourth-order valence-corrected chi connectivity index (χ4v) is 2.12. The van der Waals surface area contributed by atoms with E-state index in [1.54, 1.807) is 13.8 Å². The maximum atomic E-state index is 11.6. The summed E-state index contributed by atoms with van der Waals surface area (Å²) in [6.45, 7) is 8.03. The van der Waals surface area contributed by atoms with Crippen molar-refractivity contribution in [3.63, 3.8) is 0 Å². The first-order valence-electron chi connectivity index (χ1n) is 5.33. The highest BCUT2D eigenvalue weighted by atomic mass is 32.2. The second-order valence-electron chi connectivity index (χ2n) is 4.72. The average molecular weight is 236 g/mol. The van der Waals surface area contributed by atoms with Crippen LogP contribution in [0, 0.1) is 5.92 Å². The van der Waals surface area contributed by atoms with E-state index >= 15 is 0 Å². The summed E-state index contributed by atoms with van der Waals surface area (Å²) in [5, 5.41) is -0.368. The molecular formula is C10H24N2O2S. The molecular weight excluding hydrogens is 212 g/mol. The van der Waals surface area contributed by atoms with Crippen LogP contribution >= 0.6 is 0 Å². The maximum absolute atomic E-state index is 11.6. The third kappa shape index (κ3) is 4.95. The molecule has 0 aliphatic rings. The summed E-state index contributed by atoms with van der Waals surface area (Å²) in [5.74, 6) is 0.426. The Morgan fingerprint density at radius 3 is 1.87 bits per heavy atom. The van der Waals surface area contributed by atoms with Gasteiger partial charge < -0.3 is 4.90 Å². The molecule has 0 aliphatic carbocycles. The minimum absolute atomic E-state index is 0.235. The molecule has 0 heterocycles. The summed E-state index contributed by atoms with van der Waals surface area (Å²) < 4.78 is 25.8. The van der Waals surface area contributed by atoms with Gasteiger partial charge in [-0.2, -0.15) is 0 Å². The number of likely N-dealkylation sites (N-methyl/N-ethyl adjacent to an activating group) is 1. The smallest absolute Gasteiger partial charge is 0.213 e. The molecule has 0 saturated carbocycles. The van der Waals surface area contributed by atoms with Crippen molar-refractivity contribution in [1.82, 2.24) is 9.62 Å². The van der Waals surface area contributed by atoms with Gasteiger partial charge in [-0.1, -0.05) is 13.8 Å². The molecule has 0 amide bonds. The van der Waals surface area contributed by atoms with Crippen molar-refractivity contribution in [2.75, 3.05) is 20.6 Å². The minimum atomic E-state index is -3.14. The van der Waals surface area contributed by atoms with Crippen LogP contribution in [0.2, 0.25) is 0 Å². The molecule has 0 bridgehead atoms. The zero-order valence-electron chi connectivity index (χ0n) is 10.6. The lowest BCUT2D eigenvalue weighted by Gasteiger charge is -2.28. The van der Waals surface area contributed by atoms with Crippen LogP contribution in [0.4, 0.5) is 0 Å². The van der Waals surface area contributed by atoms with Crippen molar-refractivity contribution in [3.05, 3.63) is 0 Å².